The normalized spacial score (nSPS) is 19.1. The first-order chi connectivity index (χ1) is 27.9. The number of carbonyl (C=O) groups is 4. The minimum Gasteiger partial charge on any atom is -0.508 e. The lowest BCUT2D eigenvalue weighted by Gasteiger charge is -2.41. The van der Waals surface area contributed by atoms with E-state index in [-0.39, 0.29) is 59.6 Å². The molecule has 1 fully saturated rings. The zero-order valence-electron chi connectivity index (χ0n) is 37.6. The molecule has 3 unspecified atom stereocenters. The molecule has 0 bridgehead atoms. The van der Waals surface area contributed by atoms with Crippen molar-refractivity contribution in [3.05, 3.63) is 65.7 Å². The van der Waals surface area contributed by atoms with Crippen LogP contribution in [-0.4, -0.2) is 126 Å². The third-order valence-electron chi connectivity index (χ3n) is 12.2. The van der Waals surface area contributed by atoms with Gasteiger partial charge in [-0.15, -0.1) is 0 Å². The predicted octanol–water partition coefficient (Wildman–Crippen LogP) is 5.15. The quantitative estimate of drug-likeness (QED) is 0.126. The van der Waals surface area contributed by atoms with Crippen LogP contribution >= 0.6 is 0 Å². The van der Waals surface area contributed by atoms with Crippen molar-refractivity contribution < 1.29 is 38.9 Å². The SMILES string of the molecule is CC[C@H](C)[C@@H]([C@@H](CC(=O)N1CCCC1[C@H](OC)[C@@H](C)C(=O)N[C@H](C)[C@@H](O)c1ccccc1)OC)N(C)C(=O)C(NC(=O)C(C(C)C)N(C)Cc1ccc(O)cc1)C(C)C. The Morgan fingerprint density at radius 3 is 2.03 bits per heavy atom. The maximum absolute atomic E-state index is 14.5. The molecule has 2 aromatic rings. The van der Waals surface area contributed by atoms with Crippen molar-refractivity contribution >= 4 is 23.6 Å². The smallest absolute Gasteiger partial charge is 0.245 e. The molecule has 2 aromatic carbocycles. The summed E-state index contributed by atoms with van der Waals surface area (Å²) in [6.45, 7) is 16.4. The largest absolute Gasteiger partial charge is 0.508 e. The van der Waals surface area contributed by atoms with E-state index in [1.54, 1.807) is 57.0 Å². The number of nitrogens with zero attached hydrogens (tertiary/aromatic N) is 3. The Bertz CT molecular complexity index is 1620. The van der Waals surface area contributed by atoms with Crippen molar-refractivity contribution in [2.45, 2.75) is 136 Å². The number of aliphatic hydroxyl groups is 1. The summed E-state index contributed by atoms with van der Waals surface area (Å²) in [6.07, 6.45) is -0.00835. The molecule has 0 saturated carbocycles. The van der Waals surface area contributed by atoms with Crippen LogP contribution in [0.5, 0.6) is 5.75 Å². The minimum atomic E-state index is -0.888. The molecule has 330 valence electrons. The molecule has 0 spiro atoms. The molecular formula is C46H73N5O8. The number of amides is 4. The van der Waals surface area contributed by atoms with Crippen LogP contribution in [0.2, 0.25) is 0 Å². The molecule has 13 heteroatoms. The number of benzene rings is 2. The van der Waals surface area contributed by atoms with Gasteiger partial charge in [-0.05, 0) is 67.8 Å². The standard InChI is InChI=1S/C46H73N5O8/c1-13-30(6)41(50(10)46(57)39(28(2)3)48-45(56)40(29(4)5)49(9)27-33-21-23-35(52)24-22-33)37(58-11)26-38(53)51-25-17-20-36(51)43(59-12)31(7)44(55)47-32(8)42(54)34-18-15-14-16-19-34/h14-16,18-19,21-24,28-32,36-37,39-43,52,54H,13,17,20,25-27H2,1-12H3,(H,47,55)(H,48,56)/t30-,31+,32+,36?,37+,39?,40?,41-,42+,43+/m0/s1. The number of phenolic OH excluding ortho intramolecular Hbond substituents is 1. The number of hydrogen-bond donors (Lipinski definition) is 4. The highest BCUT2D eigenvalue weighted by molar-refractivity contribution is 5.90. The van der Waals surface area contributed by atoms with Gasteiger partial charge in [0.15, 0.2) is 0 Å². The number of nitrogens with one attached hydrogen (secondary N) is 2. The Morgan fingerprint density at radius 2 is 1.49 bits per heavy atom. The summed E-state index contributed by atoms with van der Waals surface area (Å²) >= 11 is 0. The molecule has 0 radical (unpaired) electrons. The average molecular weight is 824 g/mol. The van der Waals surface area contributed by atoms with E-state index in [0.29, 0.717) is 31.5 Å². The van der Waals surface area contributed by atoms with Gasteiger partial charge in [0, 0.05) is 34.4 Å². The number of aromatic hydroxyl groups is 1. The fourth-order valence-corrected chi connectivity index (χ4v) is 8.65. The van der Waals surface area contributed by atoms with Crippen molar-refractivity contribution in [2.24, 2.45) is 23.7 Å². The van der Waals surface area contributed by atoms with Crippen LogP contribution in [-0.2, 0) is 35.2 Å². The summed E-state index contributed by atoms with van der Waals surface area (Å²) in [6, 6.07) is 13.3. The molecule has 59 heavy (non-hydrogen) atoms. The summed E-state index contributed by atoms with van der Waals surface area (Å²) in [4.78, 5) is 61.7. The van der Waals surface area contributed by atoms with Crippen LogP contribution in [0.3, 0.4) is 0 Å². The van der Waals surface area contributed by atoms with E-state index in [1.807, 2.05) is 96.0 Å². The van der Waals surface area contributed by atoms with Crippen LogP contribution in [0.4, 0.5) is 0 Å². The number of aliphatic hydroxyl groups excluding tert-OH is 1. The fraction of sp³-hybridized carbons (Fsp3) is 0.652. The van der Waals surface area contributed by atoms with Gasteiger partial charge in [0.1, 0.15) is 11.8 Å². The predicted molar refractivity (Wildman–Crippen MR) is 230 cm³/mol. The van der Waals surface area contributed by atoms with Gasteiger partial charge in [0.25, 0.3) is 0 Å². The van der Waals surface area contributed by atoms with E-state index in [9.17, 15) is 29.4 Å². The first kappa shape index (κ1) is 49.3. The molecule has 1 aliphatic rings. The van der Waals surface area contributed by atoms with Gasteiger partial charge in [0.2, 0.25) is 23.6 Å². The second-order valence-corrected chi connectivity index (χ2v) is 17.2. The Kier molecular flexibility index (Phi) is 19.3. The maximum Gasteiger partial charge on any atom is 0.245 e. The number of ether oxygens (including phenoxy) is 2. The van der Waals surface area contributed by atoms with Gasteiger partial charge in [-0.1, -0.05) is 97.4 Å². The minimum absolute atomic E-state index is 0.00707. The molecule has 1 aliphatic heterocycles. The Morgan fingerprint density at radius 1 is 0.864 bits per heavy atom. The van der Waals surface area contributed by atoms with E-state index in [1.165, 1.54) is 0 Å². The summed E-state index contributed by atoms with van der Waals surface area (Å²) < 4.78 is 12.0. The zero-order chi connectivity index (χ0) is 44.1. The molecule has 3 rings (SSSR count). The van der Waals surface area contributed by atoms with Gasteiger partial charge < -0.3 is 40.1 Å². The monoisotopic (exact) mass is 824 g/mol. The van der Waals surface area contributed by atoms with Crippen LogP contribution in [0.15, 0.2) is 54.6 Å². The van der Waals surface area contributed by atoms with Crippen LogP contribution < -0.4 is 10.6 Å². The Balaban J connectivity index is 1.77. The van der Waals surface area contributed by atoms with Crippen molar-refractivity contribution in [1.82, 2.24) is 25.3 Å². The first-order valence-electron chi connectivity index (χ1n) is 21.3. The molecule has 4 amide bonds. The molecule has 1 heterocycles. The van der Waals surface area contributed by atoms with Crippen LogP contribution in [0, 0.1) is 23.7 Å². The highest BCUT2D eigenvalue weighted by Gasteiger charge is 2.43. The summed E-state index contributed by atoms with van der Waals surface area (Å²) in [5, 5.41) is 26.6. The maximum atomic E-state index is 14.5. The van der Waals surface area contributed by atoms with E-state index in [0.717, 1.165) is 12.0 Å². The van der Waals surface area contributed by atoms with Gasteiger partial charge >= 0.3 is 0 Å². The number of methoxy groups -OCH3 is 2. The Hall–Kier alpha value is -4.04. The van der Waals surface area contributed by atoms with E-state index in [2.05, 4.69) is 10.6 Å². The lowest BCUT2D eigenvalue weighted by atomic mass is 9.89. The van der Waals surface area contributed by atoms with Crippen LogP contribution in [0.25, 0.3) is 0 Å². The van der Waals surface area contributed by atoms with Gasteiger partial charge in [-0.2, -0.15) is 0 Å². The second-order valence-electron chi connectivity index (χ2n) is 17.2. The highest BCUT2D eigenvalue weighted by atomic mass is 16.5. The lowest BCUT2D eigenvalue weighted by Crippen LogP contribution is -2.60. The second kappa shape index (κ2) is 23.1. The van der Waals surface area contributed by atoms with Crippen molar-refractivity contribution in [2.75, 3.05) is 34.9 Å². The number of likely N-dealkylation sites (N-methyl/N-ethyl adjacent to an activating group) is 2. The van der Waals surface area contributed by atoms with Gasteiger partial charge in [-0.25, -0.2) is 0 Å². The number of likely N-dealkylation sites (tertiary alicyclic amines) is 1. The summed E-state index contributed by atoms with van der Waals surface area (Å²) in [7, 11) is 6.71. The molecular weight excluding hydrogens is 751 g/mol. The Labute approximate surface area is 353 Å². The summed E-state index contributed by atoms with van der Waals surface area (Å²) in [5.74, 6) is -1.74. The van der Waals surface area contributed by atoms with Crippen molar-refractivity contribution in [3.8, 4) is 5.75 Å². The number of hydrogen-bond acceptors (Lipinski definition) is 9. The van der Waals surface area contributed by atoms with Gasteiger partial charge in [0.05, 0.1) is 54.8 Å². The van der Waals surface area contributed by atoms with Crippen molar-refractivity contribution in [1.29, 1.82) is 0 Å². The average Bonchev–Trinajstić information content (AvgIpc) is 3.69. The molecule has 4 N–H and O–H groups in total. The molecule has 0 aliphatic carbocycles. The third kappa shape index (κ3) is 13.0. The number of rotatable bonds is 22. The molecule has 13 nitrogen and oxygen atoms in total. The highest BCUT2D eigenvalue weighted by Crippen LogP contribution is 2.30. The topological polar surface area (TPSA) is 161 Å². The summed E-state index contributed by atoms with van der Waals surface area (Å²) in [5.41, 5.74) is 1.65. The fourth-order valence-electron chi connectivity index (χ4n) is 8.65. The van der Waals surface area contributed by atoms with Gasteiger partial charge in [-0.3, -0.25) is 24.1 Å². The van der Waals surface area contributed by atoms with E-state index < -0.39 is 48.4 Å². The third-order valence-corrected chi connectivity index (χ3v) is 12.2. The number of carbonyl (C=O) groups excluding carboxylic acids is 4. The molecule has 1 saturated heterocycles. The lowest BCUT2D eigenvalue weighted by molar-refractivity contribution is -0.148. The van der Waals surface area contributed by atoms with E-state index >= 15 is 0 Å². The van der Waals surface area contributed by atoms with Crippen molar-refractivity contribution in [3.63, 3.8) is 0 Å². The first-order valence-corrected chi connectivity index (χ1v) is 21.3. The van der Waals surface area contributed by atoms with E-state index in [4.69, 9.17) is 9.47 Å². The molecule has 0 aromatic heterocycles. The van der Waals surface area contributed by atoms with Crippen LogP contribution in [0.1, 0.15) is 98.3 Å². The molecule has 10 atom stereocenters. The zero-order valence-corrected chi connectivity index (χ0v) is 37.6. The number of phenols is 1.